The molecule has 7 nitrogen and oxygen atoms in total. The molecule has 0 aromatic heterocycles. The van der Waals surface area contributed by atoms with E-state index >= 15 is 0 Å². The number of likely N-dealkylation sites (tertiary alicyclic amines) is 2. The fourth-order valence-electron chi connectivity index (χ4n) is 5.25. The summed E-state index contributed by atoms with van der Waals surface area (Å²) in [7, 11) is 0. The van der Waals surface area contributed by atoms with Crippen LogP contribution in [-0.2, 0) is 11.3 Å². The number of carbonyl (C=O) groups excluding carboxylic acids is 2. The number of para-hydroxylation sites is 1. The molecule has 2 aromatic rings. The summed E-state index contributed by atoms with van der Waals surface area (Å²) in [5.41, 5.74) is 2.77. The number of esters is 1. The fraction of sp³-hybridized carbons (Fsp3) is 0.533. The van der Waals surface area contributed by atoms with Gasteiger partial charge in [0.15, 0.2) is 0 Å². The molecule has 0 unspecified atom stereocenters. The van der Waals surface area contributed by atoms with Crippen molar-refractivity contribution >= 4 is 17.7 Å². The summed E-state index contributed by atoms with van der Waals surface area (Å²) in [6, 6.07) is 15.2. The number of piperidine rings is 2. The minimum Gasteiger partial charge on any atom is -0.493 e. The third kappa shape index (κ3) is 7.25. The van der Waals surface area contributed by atoms with Crippen LogP contribution < -0.4 is 10.1 Å². The molecular formula is C30H41N3O4. The molecule has 2 aliphatic heterocycles. The summed E-state index contributed by atoms with van der Waals surface area (Å²) < 4.78 is 11.1. The van der Waals surface area contributed by atoms with E-state index < -0.39 is 0 Å². The van der Waals surface area contributed by atoms with Gasteiger partial charge in [-0.15, -0.1) is 0 Å². The Morgan fingerprint density at radius 1 is 0.946 bits per heavy atom. The number of benzene rings is 2. The number of anilines is 1. The lowest BCUT2D eigenvalue weighted by molar-refractivity contribution is 0.0439. The van der Waals surface area contributed by atoms with Crippen molar-refractivity contribution in [2.45, 2.75) is 53.0 Å². The number of ether oxygens (including phenoxy) is 2. The highest BCUT2D eigenvalue weighted by Crippen LogP contribution is 2.41. The molecule has 1 N–H and O–H groups in total. The summed E-state index contributed by atoms with van der Waals surface area (Å²) in [4.78, 5) is 29.1. The van der Waals surface area contributed by atoms with Crippen molar-refractivity contribution in [1.29, 1.82) is 0 Å². The molecule has 0 aliphatic carbocycles. The maximum Gasteiger partial charge on any atom is 0.338 e. The van der Waals surface area contributed by atoms with Crippen molar-refractivity contribution in [3.05, 3.63) is 59.7 Å². The van der Waals surface area contributed by atoms with E-state index in [1.54, 1.807) is 31.2 Å². The summed E-state index contributed by atoms with van der Waals surface area (Å²) in [5, 5.41) is 2.97. The Morgan fingerprint density at radius 2 is 1.59 bits per heavy atom. The van der Waals surface area contributed by atoms with E-state index in [2.05, 4.69) is 42.3 Å². The fourth-order valence-corrected chi connectivity index (χ4v) is 5.25. The van der Waals surface area contributed by atoms with Crippen LogP contribution in [0.15, 0.2) is 48.5 Å². The van der Waals surface area contributed by atoms with Crippen LogP contribution in [0.1, 0.15) is 62.4 Å². The van der Waals surface area contributed by atoms with Gasteiger partial charge in [-0.1, -0.05) is 32.0 Å². The Bertz CT molecular complexity index is 1040. The van der Waals surface area contributed by atoms with Gasteiger partial charge in [0.1, 0.15) is 5.75 Å². The quantitative estimate of drug-likeness (QED) is 0.457. The van der Waals surface area contributed by atoms with E-state index in [0.29, 0.717) is 29.2 Å². The van der Waals surface area contributed by atoms with Crippen molar-refractivity contribution in [2.24, 2.45) is 11.3 Å². The Balaban J connectivity index is 1.23. The zero-order chi connectivity index (χ0) is 26.3. The summed E-state index contributed by atoms with van der Waals surface area (Å²) >= 11 is 0. The van der Waals surface area contributed by atoms with Gasteiger partial charge in [0, 0.05) is 30.9 Å². The number of urea groups is 1. The second-order valence-electron chi connectivity index (χ2n) is 10.8. The number of hydrogen-bond acceptors (Lipinski definition) is 5. The van der Waals surface area contributed by atoms with Crippen LogP contribution in [0.25, 0.3) is 0 Å². The minimum atomic E-state index is -0.351. The Labute approximate surface area is 221 Å². The largest absolute Gasteiger partial charge is 0.493 e. The van der Waals surface area contributed by atoms with Gasteiger partial charge in [0.05, 0.1) is 18.8 Å². The molecule has 0 radical (unpaired) electrons. The van der Waals surface area contributed by atoms with Crippen molar-refractivity contribution in [3.8, 4) is 5.75 Å². The molecule has 37 heavy (non-hydrogen) atoms. The normalized spacial score (nSPS) is 17.6. The summed E-state index contributed by atoms with van der Waals surface area (Å²) in [6.45, 7) is 11.8. The van der Waals surface area contributed by atoms with Gasteiger partial charge in [-0.25, -0.2) is 9.59 Å². The molecular weight excluding hydrogens is 466 g/mol. The molecule has 0 saturated carbocycles. The smallest absolute Gasteiger partial charge is 0.338 e. The van der Waals surface area contributed by atoms with Gasteiger partial charge >= 0.3 is 12.0 Å². The van der Waals surface area contributed by atoms with Crippen LogP contribution in [0.4, 0.5) is 10.5 Å². The molecule has 2 heterocycles. The second-order valence-corrected chi connectivity index (χ2v) is 10.8. The Kier molecular flexibility index (Phi) is 9.09. The van der Waals surface area contributed by atoms with Crippen LogP contribution in [0.2, 0.25) is 0 Å². The van der Waals surface area contributed by atoms with Crippen LogP contribution in [-0.4, -0.2) is 61.2 Å². The van der Waals surface area contributed by atoms with E-state index in [-0.39, 0.29) is 12.0 Å². The molecule has 2 saturated heterocycles. The van der Waals surface area contributed by atoms with E-state index in [1.807, 2.05) is 11.0 Å². The maximum absolute atomic E-state index is 12.8. The number of rotatable bonds is 8. The van der Waals surface area contributed by atoms with Gasteiger partial charge in [-0.05, 0) is 87.4 Å². The molecule has 2 fully saturated rings. The lowest BCUT2D eigenvalue weighted by atomic mass is 9.71. The van der Waals surface area contributed by atoms with E-state index in [1.165, 1.54) is 18.4 Å². The van der Waals surface area contributed by atoms with Crippen molar-refractivity contribution in [2.75, 3.05) is 44.7 Å². The minimum absolute atomic E-state index is 0.0748. The Morgan fingerprint density at radius 3 is 2.24 bits per heavy atom. The topological polar surface area (TPSA) is 71.1 Å². The second kappa shape index (κ2) is 12.5. The van der Waals surface area contributed by atoms with Crippen molar-refractivity contribution < 1.29 is 19.1 Å². The summed E-state index contributed by atoms with van der Waals surface area (Å²) in [6.07, 6.45) is 4.44. The van der Waals surface area contributed by atoms with Crippen LogP contribution in [0.5, 0.6) is 5.75 Å². The van der Waals surface area contributed by atoms with Crippen molar-refractivity contribution in [1.82, 2.24) is 9.80 Å². The molecule has 2 amide bonds. The number of carbonyl (C=O) groups is 2. The highest BCUT2D eigenvalue weighted by atomic mass is 16.5. The molecule has 2 aliphatic rings. The lowest BCUT2D eigenvalue weighted by Gasteiger charge is -2.47. The molecule has 0 bridgehead atoms. The van der Waals surface area contributed by atoms with Gasteiger partial charge in [0.2, 0.25) is 0 Å². The molecule has 1 spiro atoms. The number of amides is 2. The van der Waals surface area contributed by atoms with Crippen LogP contribution >= 0.6 is 0 Å². The SMILES string of the molecule is CCOC(=O)c1ccc(NC(=O)N2CCC3(CCN(Cc4ccccc4OCC(C)C)CC3)CC2)cc1. The first-order chi connectivity index (χ1) is 17.9. The van der Waals surface area contributed by atoms with Crippen molar-refractivity contribution in [3.63, 3.8) is 0 Å². The van der Waals surface area contributed by atoms with E-state index in [0.717, 1.165) is 57.9 Å². The summed E-state index contributed by atoms with van der Waals surface area (Å²) in [5.74, 6) is 1.16. The first-order valence-electron chi connectivity index (χ1n) is 13.6. The average Bonchev–Trinajstić information content (AvgIpc) is 2.90. The zero-order valence-corrected chi connectivity index (χ0v) is 22.5. The van der Waals surface area contributed by atoms with Gasteiger partial charge in [-0.2, -0.15) is 0 Å². The third-order valence-corrected chi connectivity index (χ3v) is 7.61. The lowest BCUT2D eigenvalue weighted by Crippen LogP contribution is -2.49. The number of nitrogens with one attached hydrogen (secondary N) is 1. The standard InChI is InChI=1S/C30H41N3O4/c1-4-36-28(34)24-9-11-26(12-10-24)31-29(35)33-19-15-30(16-20-33)13-17-32(18-14-30)21-25-7-5-6-8-27(25)37-22-23(2)3/h5-12,23H,4,13-22H2,1-3H3,(H,31,35). The van der Waals surface area contributed by atoms with Gasteiger partial charge < -0.3 is 19.7 Å². The van der Waals surface area contributed by atoms with Crippen LogP contribution in [0, 0.1) is 11.3 Å². The Hall–Kier alpha value is -3.06. The molecule has 4 rings (SSSR count). The van der Waals surface area contributed by atoms with Gasteiger partial charge in [0.25, 0.3) is 0 Å². The predicted molar refractivity (Wildman–Crippen MR) is 146 cm³/mol. The monoisotopic (exact) mass is 507 g/mol. The predicted octanol–water partition coefficient (Wildman–Crippen LogP) is 5.81. The van der Waals surface area contributed by atoms with E-state index in [4.69, 9.17) is 9.47 Å². The van der Waals surface area contributed by atoms with E-state index in [9.17, 15) is 9.59 Å². The first-order valence-corrected chi connectivity index (χ1v) is 13.6. The number of nitrogens with zero attached hydrogens (tertiary/aromatic N) is 2. The molecule has 2 aromatic carbocycles. The molecule has 0 atom stereocenters. The zero-order valence-electron chi connectivity index (χ0n) is 22.5. The first kappa shape index (κ1) is 27.0. The van der Waals surface area contributed by atoms with Crippen LogP contribution in [0.3, 0.4) is 0 Å². The highest BCUT2D eigenvalue weighted by Gasteiger charge is 2.38. The molecule has 200 valence electrons. The molecule has 7 heteroatoms. The highest BCUT2D eigenvalue weighted by molar-refractivity contribution is 5.92. The number of hydrogen-bond donors (Lipinski definition) is 1. The van der Waals surface area contributed by atoms with Gasteiger partial charge in [-0.3, -0.25) is 4.90 Å². The third-order valence-electron chi connectivity index (χ3n) is 7.61. The average molecular weight is 508 g/mol. The maximum atomic E-state index is 12.8.